The van der Waals surface area contributed by atoms with Crippen molar-refractivity contribution in [2.24, 2.45) is 11.1 Å². The highest BCUT2D eigenvalue weighted by atomic mass is 15.2. The summed E-state index contributed by atoms with van der Waals surface area (Å²) in [5.74, 6) is 0. The van der Waals surface area contributed by atoms with Gasteiger partial charge in [-0.3, -0.25) is 4.90 Å². The molecule has 0 rings (SSSR count). The highest BCUT2D eigenvalue weighted by Crippen LogP contribution is 2.27. The molecule has 0 aliphatic rings. The number of likely N-dealkylation sites (N-methyl/N-ethyl adjacent to an activating group) is 1. The molecule has 0 aromatic heterocycles. The monoisotopic (exact) mass is 225 g/mol. The van der Waals surface area contributed by atoms with Gasteiger partial charge in [0.2, 0.25) is 0 Å². The van der Waals surface area contributed by atoms with E-state index in [1.165, 1.54) is 0 Å². The second-order valence-corrected chi connectivity index (χ2v) is 5.42. The van der Waals surface area contributed by atoms with E-state index in [-0.39, 0.29) is 11.5 Å². The molecule has 2 atom stereocenters. The van der Waals surface area contributed by atoms with E-state index >= 15 is 0 Å². The lowest BCUT2D eigenvalue weighted by Gasteiger charge is -2.43. The van der Waals surface area contributed by atoms with Crippen LogP contribution in [0.1, 0.15) is 47.5 Å². The second-order valence-electron chi connectivity index (χ2n) is 5.42. The highest BCUT2D eigenvalue weighted by molar-refractivity contribution is 4.91. The van der Waals surface area contributed by atoms with E-state index < -0.39 is 0 Å². The molecule has 0 radical (unpaired) electrons. The van der Waals surface area contributed by atoms with Crippen molar-refractivity contribution in [2.45, 2.75) is 59.5 Å². The Morgan fingerprint density at radius 3 is 2.19 bits per heavy atom. The fraction of sp³-hybridized carbons (Fsp3) is 0.923. The Morgan fingerprint density at radius 1 is 1.31 bits per heavy atom. The van der Waals surface area contributed by atoms with E-state index in [0.717, 1.165) is 19.5 Å². The Bertz CT molecular complexity index is 224. The molecule has 0 saturated carbocycles. The van der Waals surface area contributed by atoms with Gasteiger partial charge in [-0.2, -0.15) is 5.26 Å². The van der Waals surface area contributed by atoms with Crippen LogP contribution in [0.3, 0.4) is 0 Å². The molecule has 0 bridgehead atoms. The van der Waals surface area contributed by atoms with Crippen molar-refractivity contribution in [3.63, 3.8) is 0 Å². The van der Waals surface area contributed by atoms with Gasteiger partial charge < -0.3 is 5.73 Å². The molecule has 3 heteroatoms. The van der Waals surface area contributed by atoms with Gasteiger partial charge in [-0.1, -0.05) is 34.6 Å². The lowest BCUT2D eigenvalue weighted by atomic mass is 9.80. The molecule has 16 heavy (non-hydrogen) atoms. The predicted octanol–water partition coefficient (Wildman–Crippen LogP) is 2.37. The number of nitriles is 1. The summed E-state index contributed by atoms with van der Waals surface area (Å²) < 4.78 is 0. The summed E-state index contributed by atoms with van der Waals surface area (Å²) in [6.07, 6.45) is 1.56. The van der Waals surface area contributed by atoms with Crippen LogP contribution >= 0.6 is 0 Å². The molecule has 3 nitrogen and oxygen atoms in total. The van der Waals surface area contributed by atoms with Crippen molar-refractivity contribution < 1.29 is 0 Å². The lowest BCUT2D eigenvalue weighted by molar-refractivity contribution is 0.0826. The minimum atomic E-state index is 0.154. The summed E-state index contributed by atoms with van der Waals surface area (Å²) in [7, 11) is 0. The van der Waals surface area contributed by atoms with Crippen LogP contribution in [0.5, 0.6) is 0 Å². The maximum Gasteiger partial charge on any atom is 0.0635 e. The summed E-state index contributed by atoms with van der Waals surface area (Å²) in [5, 5.41) is 8.68. The van der Waals surface area contributed by atoms with Crippen molar-refractivity contribution >= 4 is 0 Å². The van der Waals surface area contributed by atoms with Gasteiger partial charge >= 0.3 is 0 Å². The first-order valence-corrected chi connectivity index (χ1v) is 6.25. The van der Waals surface area contributed by atoms with E-state index in [2.05, 4.69) is 45.6 Å². The van der Waals surface area contributed by atoms with Gasteiger partial charge in [0.05, 0.1) is 6.07 Å². The molecular weight excluding hydrogens is 198 g/mol. The Hall–Kier alpha value is -0.590. The van der Waals surface area contributed by atoms with E-state index in [0.29, 0.717) is 12.5 Å². The third-order valence-corrected chi connectivity index (χ3v) is 3.07. The molecule has 0 amide bonds. The summed E-state index contributed by atoms with van der Waals surface area (Å²) in [6, 6.07) is 2.74. The molecule has 2 unspecified atom stereocenters. The zero-order valence-corrected chi connectivity index (χ0v) is 11.5. The van der Waals surface area contributed by atoms with Crippen LogP contribution in [0.25, 0.3) is 0 Å². The molecule has 0 aliphatic heterocycles. The lowest BCUT2D eigenvalue weighted by Crippen LogP contribution is -2.54. The number of nitrogens with two attached hydrogens (primary N) is 1. The zero-order valence-electron chi connectivity index (χ0n) is 11.5. The van der Waals surface area contributed by atoms with Gasteiger partial charge in [-0.05, 0) is 18.4 Å². The van der Waals surface area contributed by atoms with Gasteiger partial charge in [-0.15, -0.1) is 0 Å². The van der Waals surface area contributed by atoms with E-state index in [9.17, 15) is 0 Å². The Morgan fingerprint density at radius 2 is 1.88 bits per heavy atom. The van der Waals surface area contributed by atoms with Crippen molar-refractivity contribution in [3.05, 3.63) is 0 Å². The summed E-state index contributed by atoms with van der Waals surface area (Å²) in [5.41, 5.74) is 6.38. The maximum absolute atomic E-state index is 8.68. The Balaban J connectivity index is 4.78. The van der Waals surface area contributed by atoms with Crippen LogP contribution in [0.2, 0.25) is 0 Å². The molecule has 0 spiro atoms. The third-order valence-electron chi connectivity index (χ3n) is 3.07. The SMILES string of the molecule is CCC(N)C(N(CC)CCC#N)C(C)(C)C. The van der Waals surface area contributed by atoms with Crippen molar-refractivity contribution in [2.75, 3.05) is 13.1 Å². The first-order chi connectivity index (χ1) is 7.38. The topological polar surface area (TPSA) is 53.0 Å². The van der Waals surface area contributed by atoms with Crippen molar-refractivity contribution in [3.8, 4) is 6.07 Å². The molecule has 2 N–H and O–H groups in total. The maximum atomic E-state index is 8.68. The smallest absolute Gasteiger partial charge is 0.0635 e. The van der Waals surface area contributed by atoms with Crippen molar-refractivity contribution in [1.29, 1.82) is 5.26 Å². The number of hydrogen-bond acceptors (Lipinski definition) is 3. The van der Waals surface area contributed by atoms with E-state index in [1.807, 2.05) is 0 Å². The Kier molecular flexibility index (Phi) is 6.62. The number of hydrogen-bond donors (Lipinski definition) is 1. The van der Waals surface area contributed by atoms with Crippen LogP contribution in [0.15, 0.2) is 0 Å². The van der Waals surface area contributed by atoms with Crippen LogP contribution in [-0.2, 0) is 0 Å². The quantitative estimate of drug-likeness (QED) is 0.755. The fourth-order valence-corrected chi connectivity index (χ4v) is 2.37. The fourth-order valence-electron chi connectivity index (χ4n) is 2.37. The number of nitrogens with zero attached hydrogens (tertiary/aromatic N) is 2. The van der Waals surface area contributed by atoms with Crippen molar-refractivity contribution in [1.82, 2.24) is 4.90 Å². The third kappa shape index (κ3) is 4.51. The van der Waals surface area contributed by atoms with Crippen LogP contribution in [-0.4, -0.2) is 30.1 Å². The second kappa shape index (κ2) is 6.88. The van der Waals surface area contributed by atoms with Gasteiger partial charge in [-0.25, -0.2) is 0 Å². The average Bonchev–Trinajstić information content (AvgIpc) is 2.21. The molecule has 0 aromatic carbocycles. The van der Waals surface area contributed by atoms with Gasteiger partial charge in [0.1, 0.15) is 0 Å². The van der Waals surface area contributed by atoms with E-state index in [1.54, 1.807) is 0 Å². The van der Waals surface area contributed by atoms with Gasteiger partial charge in [0, 0.05) is 25.0 Å². The molecule has 0 aromatic rings. The Labute approximate surface area is 101 Å². The summed E-state index contributed by atoms with van der Waals surface area (Å²) in [6.45, 7) is 12.7. The predicted molar refractivity (Wildman–Crippen MR) is 69.0 cm³/mol. The molecule has 94 valence electrons. The van der Waals surface area contributed by atoms with Crippen LogP contribution in [0.4, 0.5) is 0 Å². The summed E-state index contributed by atoms with van der Waals surface area (Å²) in [4.78, 5) is 2.34. The molecule has 0 fully saturated rings. The molecular formula is C13H27N3. The van der Waals surface area contributed by atoms with Gasteiger partial charge in [0.25, 0.3) is 0 Å². The largest absolute Gasteiger partial charge is 0.326 e. The minimum absolute atomic E-state index is 0.154. The molecule has 0 saturated heterocycles. The molecule has 0 aliphatic carbocycles. The standard InChI is InChI=1S/C13H27N3/c1-6-11(15)12(13(3,4)5)16(7-2)10-8-9-14/h11-12H,6-8,10,15H2,1-5H3. The minimum Gasteiger partial charge on any atom is -0.326 e. The average molecular weight is 225 g/mol. The van der Waals surface area contributed by atoms with Gasteiger partial charge in [0.15, 0.2) is 0 Å². The first kappa shape index (κ1) is 15.4. The molecule has 0 heterocycles. The number of rotatable bonds is 6. The highest BCUT2D eigenvalue weighted by Gasteiger charge is 2.33. The summed E-state index contributed by atoms with van der Waals surface area (Å²) >= 11 is 0. The first-order valence-electron chi connectivity index (χ1n) is 6.25. The zero-order chi connectivity index (χ0) is 12.8. The normalized spacial score (nSPS) is 15.9. The van der Waals surface area contributed by atoms with Crippen LogP contribution < -0.4 is 5.73 Å². The van der Waals surface area contributed by atoms with Crippen LogP contribution in [0, 0.1) is 16.7 Å². The van der Waals surface area contributed by atoms with E-state index in [4.69, 9.17) is 11.0 Å².